The summed E-state index contributed by atoms with van der Waals surface area (Å²) in [5, 5.41) is 11.6. The van der Waals surface area contributed by atoms with Gasteiger partial charge in [0.1, 0.15) is 6.04 Å². The first-order valence-electron chi connectivity index (χ1n) is 7.92. The Morgan fingerprint density at radius 3 is 2.25 bits per heavy atom. The summed E-state index contributed by atoms with van der Waals surface area (Å²) in [6.07, 6.45) is -0.608. The average molecular weight is 345 g/mol. The second-order valence-electron chi connectivity index (χ2n) is 5.68. The molecule has 1 rings (SSSR count). The minimum atomic E-state index is -4.42. The number of nitrogens with one attached hydrogen (secondary N) is 1. The summed E-state index contributed by atoms with van der Waals surface area (Å²) in [5.41, 5.74) is -0.387. The lowest BCUT2D eigenvalue weighted by molar-refractivity contribution is -0.142. The summed E-state index contributed by atoms with van der Waals surface area (Å²) in [7, 11) is 0. The fourth-order valence-corrected chi connectivity index (χ4v) is 2.27. The number of unbranched alkanes of at least 4 members (excludes halogenated alkanes) is 3. The Kier molecular flexibility index (Phi) is 7.74. The van der Waals surface area contributed by atoms with Crippen LogP contribution in [0.3, 0.4) is 0 Å². The van der Waals surface area contributed by atoms with Crippen molar-refractivity contribution in [3.63, 3.8) is 0 Å². The highest BCUT2D eigenvalue weighted by molar-refractivity contribution is 5.84. The molecule has 1 amide bonds. The minimum Gasteiger partial charge on any atom is -0.480 e. The number of benzene rings is 1. The molecule has 0 saturated heterocycles. The van der Waals surface area contributed by atoms with E-state index in [-0.39, 0.29) is 6.42 Å². The third-order valence-electron chi connectivity index (χ3n) is 3.63. The molecule has 0 bridgehead atoms. The molecule has 0 aliphatic rings. The Morgan fingerprint density at radius 1 is 1.12 bits per heavy atom. The maximum Gasteiger partial charge on any atom is 0.416 e. The number of carboxylic acids is 1. The molecule has 24 heavy (non-hydrogen) atoms. The van der Waals surface area contributed by atoms with Crippen LogP contribution in [0.15, 0.2) is 24.3 Å². The summed E-state index contributed by atoms with van der Waals surface area (Å²) in [6.45, 7) is 2.04. The van der Waals surface area contributed by atoms with E-state index in [2.05, 4.69) is 5.32 Å². The first kappa shape index (κ1) is 20.0. The summed E-state index contributed by atoms with van der Waals surface area (Å²) < 4.78 is 37.4. The molecular formula is C17H22F3NO3. The standard InChI is InChI=1S/C17H22F3NO3/c1-2-3-4-5-6-14(16(23)24)21-15(22)11-12-7-9-13(10-8-12)17(18,19)20/h7-10,14H,2-6,11H2,1H3,(H,21,22)(H,23,24)/t14-/m1/s1. The maximum absolute atomic E-state index is 12.5. The van der Waals surface area contributed by atoms with Crippen molar-refractivity contribution < 1.29 is 27.9 Å². The maximum atomic E-state index is 12.5. The summed E-state index contributed by atoms with van der Waals surface area (Å²) >= 11 is 0. The van der Waals surface area contributed by atoms with Crippen LogP contribution in [0, 0.1) is 0 Å². The summed E-state index contributed by atoms with van der Waals surface area (Å²) in [6, 6.07) is 3.28. The molecule has 0 heterocycles. The van der Waals surface area contributed by atoms with Gasteiger partial charge in [-0.3, -0.25) is 4.79 Å². The molecule has 0 fully saturated rings. The van der Waals surface area contributed by atoms with Crippen LogP contribution in [0.25, 0.3) is 0 Å². The van der Waals surface area contributed by atoms with Gasteiger partial charge in [0.25, 0.3) is 0 Å². The number of carboxylic acid groups (broad SMARTS) is 1. The quantitative estimate of drug-likeness (QED) is 0.669. The van der Waals surface area contributed by atoms with Gasteiger partial charge < -0.3 is 10.4 Å². The SMILES string of the molecule is CCCCCC[C@@H](NC(=O)Cc1ccc(C(F)(F)F)cc1)C(=O)O. The second-order valence-corrected chi connectivity index (χ2v) is 5.68. The first-order chi connectivity index (χ1) is 11.2. The minimum absolute atomic E-state index is 0.156. The van der Waals surface area contributed by atoms with Crippen molar-refractivity contribution >= 4 is 11.9 Å². The molecule has 134 valence electrons. The molecule has 0 aliphatic heterocycles. The molecular weight excluding hydrogens is 323 g/mol. The van der Waals surface area contributed by atoms with Crippen LogP contribution < -0.4 is 5.32 Å². The number of aliphatic carboxylic acids is 1. The van der Waals surface area contributed by atoms with E-state index in [0.29, 0.717) is 18.4 Å². The van der Waals surface area contributed by atoms with Crippen molar-refractivity contribution in [3.05, 3.63) is 35.4 Å². The van der Waals surface area contributed by atoms with Crippen LogP contribution in [0.1, 0.15) is 50.2 Å². The lowest BCUT2D eigenvalue weighted by Gasteiger charge is -2.14. The van der Waals surface area contributed by atoms with Crippen LogP contribution in [0.4, 0.5) is 13.2 Å². The number of rotatable bonds is 9. The van der Waals surface area contributed by atoms with E-state index >= 15 is 0 Å². The normalized spacial score (nSPS) is 12.7. The monoisotopic (exact) mass is 345 g/mol. The lowest BCUT2D eigenvalue weighted by Crippen LogP contribution is -2.41. The molecule has 0 unspecified atom stereocenters. The highest BCUT2D eigenvalue weighted by atomic mass is 19.4. The predicted molar refractivity (Wildman–Crippen MR) is 83.5 cm³/mol. The van der Waals surface area contributed by atoms with E-state index < -0.39 is 29.7 Å². The summed E-state index contributed by atoms with van der Waals surface area (Å²) in [4.78, 5) is 23.1. The van der Waals surface area contributed by atoms with Gasteiger partial charge in [-0.05, 0) is 24.1 Å². The zero-order valence-electron chi connectivity index (χ0n) is 13.5. The van der Waals surface area contributed by atoms with E-state index in [0.717, 1.165) is 31.4 Å². The fraction of sp³-hybridized carbons (Fsp3) is 0.529. The Balaban J connectivity index is 2.54. The molecule has 0 aliphatic carbocycles. The number of halogens is 3. The molecule has 1 aromatic rings. The topological polar surface area (TPSA) is 66.4 Å². The Labute approximate surface area is 139 Å². The van der Waals surface area contributed by atoms with Gasteiger partial charge in [0.15, 0.2) is 0 Å². The van der Waals surface area contributed by atoms with E-state index in [1.54, 1.807) is 0 Å². The number of amides is 1. The molecule has 7 heteroatoms. The molecule has 2 N–H and O–H groups in total. The average Bonchev–Trinajstić information content (AvgIpc) is 2.49. The van der Waals surface area contributed by atoms with Crippen LogP contribution in [0.2, 0.25) is 0 Å². The van der Waals surface area contributed by atoms with Crippen molar-refractivity contribution in [3.8, 4) is 0 Å². The molecule has 1 aromatic carbocycles. The highest BCUT2D eigenvalue weighted by Crippen LogP contribution is 2.29. The molecule has 0 saturated carbocycles. The molecule has 1 atom stereocenters. The van der Waals surface area contributed by atoms with Gasteiger partial charge in [-0.2, -0.15) is 13.2 Å². The van der Waals surface area contributed by atoms with Crippen LogP contribution in [0.5, 0.6) is 0 Å². The summed E-state index contributed by atoms with van der Waals surface area (Å²) in [5.74, 6) is -1.62. The van der Waals surface area contributed by atoms with Crippen molar-refractivity contribution in [2.75, 3.05) is 0 Å². The van der Waals surface area contributed by atoms with Gasteiger partial charge in [-0.1, -0.05) is 44.7 Å². The smallest absolute Gasteiger partial charge is 0.416 e. The van der Waals surface area contributed by atoms with Gasteiger partial charge in [0.05, 0.1) is 12.0 Å². The van der Waals surface area contributed by atoms with Gasteiger partial charge in [-0.25, -0.2) is 4.79 Å². The van der Waals surface area contributed by atoms with E-state index in [9.17, 15) is 22.8 Å². The molecule has 0 aromatic heterocycles. The zero-order chi connectivity index (χ0) is 18.2. The van der Waals surface area contributed by atoms with Crippen molar-refractivity contribution in [1.82, 2.24) is 5.32 Å². The molecule has 0 spiro atoms. The molecule has 4 nitrogen and oxygen atoms in total. The largest absolute Gasteiger partial charge is 0.480 e. The van der Waals surface area contributed by atoms with Crippen LogP contribution in [-0.2, 0) is 22.2 Å². The second kappa shape index (κ2) is 9.30. The van der Waals surface area contributed by atoms with Gasteiger partial charge in [-0.15, -0.1) is 0 Å². The Morgan fingerprint density at radius 2 is 1.75 bits per heavy atom. The van der Waals surface area contributed by atoms with Crippen molar-refractivity contribution in [1.29, 1.82) is 0 Å². The van der Waals surface area contributed by atoms with Crippen molar-refractivity contribution in [2.24, 2.45) is 0 Å². The van der Waals surface area contributed by atoms with Crippen LogP contribution >= 0.6 is 0 Å². The molecule has 0 radical (unpaired) electrons. The third-order valence-corrected chi connectivity index (χ3v) is 3.63. The Hall–Kier alpha value is -2.05. The van der Waals surface area contributed by atoms with E-state index in [1.807, 2.05) is 6.92 Å². The number of hydrogen-bond donors (Lipinski definition) is 2. The van der Waals surface area contributed by atoms with Gasteiger partial charge in [0, 0.05) is 0 Å². The predicted octanol–water partition coefficient (Wildman–Crippen LogP) is 3.79. The van der Waals surface area contributed by atoms with Crippen LogP contribution in [-0.4, -0.2) is 23.0 Å². The van der Waals surface area contributed by atoms with Gasteiger partial charge >= 0.3 is 12.1 Å². The van der Waals surface area contributed by atoms with E-state index in [1.165, 1.54) is 12.1 Å². The lowest BCUT2D eigenvalue weighted by atomic mass is 10.1. The van der Waals surface area contributed by atoms with Gasteiger partial charge in [0.2, 0.25) is 5.91 Å². The first-order valence-corrected chi connectivity index (χ1v) is 7.92. The number of carbonyl (C=O) groups is 2. The fourth-order valence-electron chi connectivity index (χ4n) is 2.27. The third kappa shape index (κ3) is 7.02. The highest BCUT2D eigenvalue weighted by Gasteiger charge is 2.30. The Bertz CT molecular complexity index is 541. The zero-order valence-corrected chi connectivity index (χ0v) is 13.5. The number of carbonyl (C=O) groups excluding carboxylic acids is 1. The van der Waals surface area contributed by atoms with Crippen molar-refractivity contribution in [2.45, 2.75) is 57.7 Å². The number of alkyl halides is 3. The number of hydrogen-bond acceptors (Lipinski definition) is 2. The van der Waals surface area contributed by atoms with E-state index in [4.69, 9.17) is 5.11 Å².